The van der Waals surface area contributed by atoms with Gasteiger partial charge in [0.1, 0.15) is 4.21 Å². The number of thiophene rings is 1. The Morgan fingerprint density at radius 1 is 1.42 bits per heavy atom. The van der Waals surface area contributed by atoms with E-state index in [0.717, 1.165) is 17.7 Å². The van der Waals surface area contributed by atoms with Crippen LogP contribution in [0.5, 0.6) is 0 Å². The summed E-state index contributed by atoms with van der Waals surface area (Å²) in [5.41, 5.74) is 0. The van der Waals surface area contributed by atoms with E-state index < -0.39 is 10.0 Å². The van der Waals surface area contributed by atoms with Gasteiger partial charge in [-0.2, -0.15) is 4.31 Å². The Morgan fingerprint density at radius 3 is 2.84 bits per heavy atom. The summed E-state index contributed by atoms with van der Waals surface area (Å²) in [6.45, 7) is 5.51. The Balaban J connectivity index is 2.25. The molecular formula is C13H22N2O2S2. The molecule has 1 aliphatic rings. The minimum atomic E-state index is -3.32. The molecule has 0 aromatic carbocycles. The van der Waals surface area contributed by atoms with Crippen LogP contribution in [0.1, 0.15) is 31.6 Å². The van der Waals surface area contributed by atoms with E-state index in [0.29, 0.717) is 23.2 Å². The number of nitrogens with one attached hydrogen (secondary N) is 1. The first-order chi connectivity index (χ1) is 8.96. The number of sulfonamides is 1. The zero-order chi connectivity index (χ0) is 14.0. The second kappa shape index (κ2) is 5.91. The first-order valence-corrected chi connectivity index (χ1v) is 8.97. The van der Waals surface area contributed by atoms with Crippen molar-refractivity contribution in [3.05, 3.63) is 17.0 Å². The Morgan fingerprint density at radius 2 is 2.16 bits per heavy atom. The fourth-order valence-corrected chi connectivity index (χ4v) is 5.78. The molecule has 2 unspecified atom stereocenters. The Labute approximate surface area is 119 Å². The average Bonchev–Trinajstić information content (AvgIpc) is 2.82. The minimum Gasteiger partial charge on any atom is -0.315 e. The molecule has 0 spiro atoms. The van der Waals surface area contributed by atoms with E-state index in [-0.39, 0.29) is 6.04 Å². The molecule has 1 aromatic rings. The topological polar surface area (TPSA) is 49.4 Å². The molecule has 6 heteroatoms. The third-order valence-corrected chi connectivity index (χ3v) is 7.41. The monoisotopic (exact) mass is 302 g/mol. The highest BCUT2D eigenvalue weighted by molar-refractivity contribution is 7.91. The number of hydrogen-bond donors (Lipinski definition) is 1. The molecule has 4 nitrogen and oxygen atoms in total. The summed E-state index contributed by atoms with van der Waals surface area (Å²) in [5, 5.41) is 3.05. The molecule has 0 aliphatic carbocycles. The molecule has 0 bridgehead atoms. The van der Waals surface area contributed by atoms with E-state index >= 15 is 0 Å². The van der Waals surface area contributed by atoms with Gasteiger partial charge in [0.05, 0.1) is 0 Å². The lowest BCUT2D eigenvalue weighted by molar-refractivity contribution is 0.202. The van der Waals surface area contributed by atoms with Crippen LogP contribution in [-0.2, 0) is 16.6 Å². The largest absolute Gasteiger partial charge is 0.315 e. The van der Waals surface area contributed by atoms with Crippen LogP contribution in [0.4, 0.5) is 0 Å². The molecule has 2 rings (SSSR count). The second-order valence-electron chi connectivity index (χ2n) is 5.23. The minimum absolute atomic E-state index is 0.0913. The zero-order valence-electron chi connectivity index (χ0n) is 11.7. The van der Waals surface area contributed by atoms with E-state index in [9.17, 15) is 8.42 Å². The third-order valence-electron chi connectivity index (χ3n) is 3.87. The van der Waals surface area contributed by atoms with Gasteiger partial charge in [0.25, 0.3) is 10.0 Å². The number of hydrogen-bond acceptors (Lipinski definition) is 4. The van der Waals surface area contributed by atoms with Gasteiger partial charge in [-0.3, -0.25) is 0 Å². The summed E-state index contributed by atoms with van der Waals surface area (Å²) in [5.74, 6) is 0.431. The standard InChI is InChI=1S/C13H22N2O2S2/c1-10-5-4-8-15(11(10)2)19(16,17)13-7-6-12(18-13)9-14-3/h6-7,10-11,14H,4-5,8-9H2,1-3H3. The normalized spacial score (nSPS) is 25.6. The van der Waals surface area contributed by atoms with E-state index in [1.807, 2.05) is 20.0 Å². The summed E-state index contributed by atoms with van der Waals surface area (Å²) < 4.78 is 27.5. The first-order valence-electron chi connectivity index (χ1n) is 6.72. The van der Waals surface area contributed by atoms with Crippen LogP contribution in [0.2, 0.25) is 0 Å². The molecule has 1 fully saturated rings. The highest BCUT2D eigenvalue weighted by atomic mass is 32.2. The van der Waals surface area contributed by atoms with E-state index in [4.69, 9.17) is 0 Å². The molecular weight excluding hydrogens is 280 g/mol. The van der Waals surface area contributed by atoms with Gasteiger partial charge in [-0.25, -0.2) is 8.42 Å². The van der Waals surface area contributed by atoms with Crippen LogP contribution >= 0.6 is 11.3 Å². The lowest BCUT2D eigenvalue weighted by Gasteiger charge is -2.36. The smallest absolute Gasteiger partial charge is 0.252 e. The maximum absolute atomic E-state index is 12.7. The molecule has 1 aliphatic heterocycles. The summed E-state index contributed by atoms with van der Waals surface area (Å²) >= 11 is 1.37. The molecule has 19 heavy (non-hydrogen) atoms. The second-order valence-corrected chi connectivity index (χ2v) is 8.51. The fourth-order valence-electron chi connectivity index (χ4n) is 2.52. The maximum atomic E-state index is 12.7. The number of piperidine rings is 1. The predicted molar refractivity (Wildman–Crippen MR) is 78.8 cm³/mol. The van der Waals surface area contributed by atoms with Crippen LogP contribution in [0.25, 0.3) is 0 Å². The molecule has 0 amide bonds. The Kier molecular flexibility index (Phi) is 4.66. The number of rotatable bonds is 4. The molecule has 1 saturated heterocycles. The summed E-state index contributed by atoms with van der Waals surface area (Å²) in [7, 11) is -1.45. The van der Waals surface area contributed by atoms with Gasteiger partial charge < -0.3 is 5.32 Å². The van der Waals surface area contributed by atoms with Gasteiger partial charge >= 0.3 is 0 Å². The Hall–Kier alpha value is -0.430. The lowest BCUT2D eigenvalue weighted by Crippen LogP contribution is -2.45. The molecule has 0 radical (unpaired) electrons. The van der Waals surface area contributed by atoms with Crippen molar-refractivity contribution in [2.24, 2.45) is 5.92 Å². The third kappa shape index (κ3) is 3.02. The van der Waals surface area contributed by atoms with Crippen LogP contribution in [0.15, 0.2) is 16.3 Å². The van der Waals surface area contributed by atoms with Crippen molar-refractivity contribution in [1.29, 1.82) is 0 Å². The molecule has 108 valence electrons. The summed E-state index contributed by atoms with van der Waals surface area (Å²) in [4.78, 5) is 1.05. The predicted octanol–water partition coefficient (Wildman–Crippen LogP) is 2.28. The van der Waals surface area contributed by atoms with E-state index in [2.05, 4.69) is 12.2 Å². The number of nitrogens with zero attached hydrogens (tertiary/aromatic N) is 1. The van der Waals surface area contributed by atoms with Gasteiger partial charge in [-0.05, 0) is 44.9 Å². The van der Waals surface area contributed by atoms with Crippen molar-refractivity contribution in [2.45, 2.75) is 43.5 Å². The van der Waals surface area contributed by atoms with Gasteiger partial charge in [0.15, 0.2) is 0 Å². The summed E-state index contributed by atoms with van der Waals surface area (Å²) in [6, 6.07) is 3.72. The fraction of sp³-hybridized carbons (Fsp3) is 0.692. The van der Waals surface area contributed by atoms with Gasteiger partial charge in [-0.1, -0.05) is 6.92 Å². The van der Waals surface area contributed by atoms with E-state index in [1.165, 1.54) is 11.3 Å². The van der Waals surface area contributed by atoms with Crippen LogP contribution in [0, 0.1) is 5.92 Å². The summed E-state index contributed by atoms with van der Waals surface area (Å²) in [6.07, 6.45) is 2.07. The van der Waals surface area contributed by atoms with Gasteiger partial charge in [0.2, 0.25) is 0 Å². The van der Waals surface area contributed by atoms with Crippen molar-refractivity contribution >= 4 is 21.4 Å². The van der Waals surface area contributed by atoms with Crippen molar-refractivity contribution in [3.8, 4) is 0 Å². The van der Waals surface area contributed by atoms with Crippen molar-refractivity contribution < 1.29 is 8.42 Å². The highest BCUT2D eigenvalue weighted by Gasteiger charge is 2.35. The lowest BCUT2D eigenvalue weighted by atomic mass is 9.94. The van der Waals surface area contributed by atoms with Gasteiger partial charge in [0, 0.05) is 24.0 Å². The molecule has 2 heterocycles. The molecule has 1 aromatic heterocycles. The Bertz CT molecular complexity index is 525. The average molecular weight is 302 g/mol. The van der Waals surface area contributed by atoms with Crippen molar-refractivity contribution in [3.63, 3.8) is 0 Å². The quantitative estimate of drug-likeness (QED) is 0.928. The first kappa shape index (κ1) is 15.0. The van der Waals surface area contributed by atoms with Gasteiger partial charge in [-0.15, -0.1) is 11.3 Å². The van der Waals surface area contributed by atoms with Crippen LogP contribution in [0.3, 0.4) is 0 Å². The van der Waals surface area contributed by atoms with Crippen LogP contribution < -0.4 is 5.32 Å². The van der Waals surface area contributed by atoms with Crippen LogP contribution in [-0.4, -0.2) is 32.4 Å². The van der Waals surface area contributed by atoms with Crippen molar-refractivity contribution in [1.82, 2.24) is 9.62 Å². The molecule has 0 saturated carbocycles. The van der Waals surface area contributed by atoms with Crippen molar-refractivity contribution in [2.75, 3.05) is 13.6 Å². The highest BCUT2D eigenvalue weighted by Crippen LogP contribution is 2.31. The maximum Gasteiger partial charge on any atom is 0.252 e. The van der Waals surface area contributed by atoms with E-state index in [1.54, 1.807) is 10.4 Å². The molecule has 2 atom stereocenters. The zero-order valence-corrected chi connectivity index (χ0v) is 13.4. The molecule has 1 N–H and O–H groups in total. The SMILES string of the molecule is CNCc1ccc(S(=O)(=O)N2CCCC(C)C2C)s1.